The van der Waals surface area contributed by atoms with Crippen molar-refractivity contribution in [2.45, 2.75) is 25.3 Å². The average Bonchev–Trinajstić information content (AvgIpc) is 2.87. The van der Waals surface area contributed by atoms with Crippen LogP contribution in [0.1, 0.15) is 19.3 Å². The number of carbonyl (C=O) groups excluding carboxylic acids is 1. The Morgan fingerprint density at radius 1 is 1.77 bits per heavy atom. The van der Waals surface area contributed by atoms with Gasteiger partial charge in [-0.2, -0.15) is 0 Å². The summed E-state index contributed by atoms with van der Waals surface area (Å²) in [6.45, 7) is 0.830. The zero-order valence-corrected chi connectivity index (χ0v) is 7.99. The topological polar surface area (TPSA) is 46.3 Å². The summed E-state index contributed by atoms with van der Waals surface area (Å²) in [5, 5.41) is 0. The lowest BCUT2D eigenvalue weighted by Crippen LogP contribution is -2.42. The Hall–Kier alpha value is -1.01. The number of hydrogen-bond donors (Lipinski definition) is 1. The van der Waals surface area contributed by atoms with Gasteiger partial charge in [0.15, 0.2) is 0 Å². The van der Waals surface area contributed by atoms with Crippen LogP contribution in [0.2, 0.25) is 0 Å². The van der Waals surface area contributed by atoms with Crippen molar-refractivity contribution in [3.05, 3.63) is 0 Å². The fourth-order valence-electron chi connectivity index (χ4n) is 1.28. The lowest BCUT2D eigenvalue weighted by molar-refractivity contribution is -0.131. The van der Waals surface area contributed by atoms with Crippen molar-refractivity contribution in [2.24, 2.45) is 11.7 Å². The second kappa shape index (κ2) is 4.29. The highest BCUT2D eigenvalue weighted by Gasteiger charge is 2.26. The Balaban J connectivity index is 2.31. The van der Waals surface area contributed by atoms with Gasteiger partial charge in [-0.25, -0.2) is 0 Å². The van der Waals surface area contributed by atoms with Gasteiger partial charge in [0.1, 0.15) is 0 Å². The van der Waals surface area contributed by atoms with Gasteiger partial charge in [0.25, 0.3) is 0 Å². The second-order valence-electron chi connectivity index (χ2n) is 3.68. The van der Waals surface area contributed by atoms with Crippen molar-refractivity contribution in [3.8, 4) is 12.3 Å². The first-order chi connectivity index (χ1) is 6.15. The van der Waals surface area contributed by atoms with Gasteiger partial charge in [0.2, 0.25) is 5.91 Å². The Labute approximate surface area is 79.3 Å². The molecule has 1 aliphatic carbocycles. The zero-order valence-electron chi connectivity index (χ0n) is 7.99. The molecule has 0 aromatic carbocycles. The zero-order chi connectivity index (χ0) is 9.84. The average molecular weight is 180 g/mol. The summed E-state index contributed by atoms with van der Waals surface area (Å²) in [5.74, 6) is 3.06. The molecule has 1 aliphatic rings. The molecule has 72 valence electrons. The molecule has 0 bridgehead atoms. The summed E-state index contributed by atoms with van der Waals surface area (Å²) < 4.78 is 0. The van der Waals surface area contributed by atoms with Crippen molar-refractivity contribution < 1.29 is 4.79 Å². The van der Waals surface area contributed by atoms with Crippen LogP contribution < -0.4 is 5.73 Å². The van der Waals surface area contributed by atoms with Gasteiger partial charge in [-0.15, -0.1) is 12.3 Å². The van der Waals surface area contributed by atoms with Crippen LogP contribution in [-0.2, 0) is 4.79 Å². The summed E-state index contributed by atoms with van der Waals surface area (Å²) in [6, 6.07) is -0.520. The third-order valence-electron chi connectivity index (χ3n) is 2.26. The minimum Gasteiger partial charge on any atom is -0.344 e. The van der Waals surface area contributed by atoms with E-state index in [9.17, 15) is 4.79 Å². The third kappa shape index (κ3) is 3.08. The normalized spacial score (nSPS) is 17.6. The minimum absolute atomic E-state index is 0.0372. The molecule has 13 heavy (non-hydrogen) atoms. The molecule has 1 atom stereocenters. The van der Waals surface area contributed by atoms with Crippen LogP contribution in [0, 0.1) is 18.3 Å². The maximum absolute atomic E-state index is 11.5. The van der Waals surface area contributed by atoms with Gasteiger partial charge in [-0.05, 0) is 18.8 Å². The number of amides is 1. The van der Waals surface area contributed by atoms with E-state index in [1.807, 2.05) is 0 Å². The molecule has 1 fully saturated rings. The molecule has 0 spiro atoms. The number of nitrogens with zero attached hydrogens (tertiary/aromatic N) is 1. The summed E-state index contributed by atoms with van der Waals surface area (Å²) >= 11 is 0. The van der Waals surface area contributed by atoms with Crippen molar-refractivity contribution in [1.29, 1.82) is 0 Å². The maximum atomic E-state index is 11.5. The van der Waals surface area contributed by atoms with E-state index in [-0.39, 0.29) is 5.91 Å². The number of likely N-dealkylation sites (N-methyl/N-ethyl adjacent to an activating group) is 1. The van der Waals surface area contributed by atoms with Gasteiger partial charge >= 0.3 is 0 Å². The number of terminal acetylenes is 1. The van der Waals surface area contributed by atoms with Gasteiger partial charge in [-0.1, -0.05) is 0 Å². The fraction of sp³-hybridized carbons (Fsp3) is 0.700. The number of rotatable bonds is 4. The van der Waals surface area contributed by atoms with Crippen LogP contribution in [0.4, 0.5) is 0 Å². The van der Waals surface area contributed by atoms with Crippen LogP contribution in [0.25, 0.3) is 0 Å². The second-order valence-corrected chi connectivity index (χ2v) is 3.68. The van der Waals surface area contributed by atoms with E-state index in [2.05, 4.69) is 5.92 Å². The summed E-state index contributed by atoms with van der Waals surface area (Å²) in [4.78, 5) is 13.2. The first-order valence-corrected chi connectivity index (χ1v) is 4.59. The first kappa shape index (κ1) is 10.1. The standard InChI is InChI=1S/C10H16N2O/c1-3-4-9(11)10(13)12(2)7-8-5-6-8/h1,8-9H,4-7,11H2,2H3. The maximum Gasteiger partial charge on any atom is 0.240 e. The highest BCUT2D eigenvalue weighted by Crippen LogP contribution is 2.29. The SMILES string of the molecule is C#CCC(N)C(=O)N(C)CC1CC1. The molecule has 1 rings (SSSR count). The highest BCUT2D eigenvalue weighted by atomic mass is 16.2. The number of carbonyl (C=O) groups is 1. The molecule has 0 aromatic heterocycles. The van der Waals surface area contributed by atoms with Gasteiger partial charge < -0.3 is 10.6 Å². The monoisotopic (exact) mass is 180 g/mol. The Morgan fingerprint density at radius 2 is 2.38 bits per heavy atom. The van der Waals surface area contributed by atoms with E-state index in [0.29, 0.717) is 12.3 Å². The van der Waals surface area contributed by atoms with Crippen LogP contribution in [0.5, 0.6) is 0 Å². The van der Waals surface area contributed by atoms with E-state index < -0.39 is 6.04 Å². The van der Waals surface area contributed by atoms with Crippen LogP contribution in [-0.4, -0.2) is 30.4 Å². The summed E-state index contributed by atoms with van der Waals surface area (Å²) in [5.41, 5.74) is 5.59. The quantitative estimate of drug-likeness (QED) is 0.628. The molecule has 2 N–H and O–H groups in total. The molecule has 1 amide bonds. The molecule has 3 nitrogen and oxygen atoms in total. The lowest BCUT2D eigenvalue weighted by atomic mass is 10.2. The van der Waals surface area contributed by atoms with E-state index in [1.165, 1.54) is 12.8 Å². The lowest BCUT2D eigenvalue weighted by Gasteiger charge is -2.19. The smallest absolute Gasteiger partial charge is 0.240 e. The first-order valence-electron chi connectivity index (χ1n) is 4.59. The largest absolute Gasteiger partial charge is 0.344 e. The summed E-state index contributed by atoms with van der Waals surface area (Å²) in [6.07, 6.45) is 7.88. The van der Waals surface area contributed by atoms with Crippen molar-refractivity contribution in [3.63, 3.8) is 0 Å². The van der Waals surface area contributed by atoms with Crippen molar-refractivity contribution >= 4 is 5.91 Å². The number of hydrogen-bond acceptors (Lipinski definition) is 2. The van der Waals surface area contributed by atoms with Gasteiger partial charge in [-0.3, -0.25) is 4.79 Å². The van der Waals surface area contributed by atoms with E-state index >= 15 is 0 Å². The molecular weight excluding hydrogens is 164 g/mol. The van der Waals surface area contributed by atoms with E-state index in [0.717, 1.165) is 6.54 Å². The predicted molar refractivity (Wildman–Crippen MR) is 51.8 cm³/mol. The molecule has 0 radical (unpaired) electrons. The van der Waals surface area contributed by atoms with Crippen LogP contribution >= 0.6 is 0 Å². The van der Waals surface area contributed by atoms with Gasteiger partial charge in [0, 0.05) is 20.0 Å². The highest BCUT2D eigenvalue weighted by molar-refractivity contribution is 5.81. The Bertz CT molecular complexity index is 228. The molecule has 0 aromatic rings. The predicted octanol–water partition coefficient (Wildman–Crippen LogP) is 0.205. The minimum atomic E-state index is -0.520. The molecular formula is C10H16N2O. The molecule has 3 heteroatoms. The van der Waals surface area contributed by atoms with Gasteiger partial charge in [0.05, 0.1) is 6.04 Å². The molecule has 0 aliphatic heterocycles. The van der Waals surface area contributed by atoms with Crippen molar-refractivity contribution in [1.82, 2.24) is 4.90 Å². The summed E-state index contributed by atoms with van der Waals surface area (Å²) in [7, 11) is 1.79. The van der Waals surface area contributed by atoms with Crippen LogP contribution in [0.15, 0.2) is 0 Å². The molecule has 0 saturated heterocycles. The van der Waals surface area contributed by atoms with E-state index in [4.69, 9.17) is 12.2 Å². The molecule has 0 heterocycles. The Kier molecular flexibility index (Phi) is 3.32. The molecule has 1 unspecified atom stereocenters. The van der Waals surface area contributed by atoms with Crippen molar-refractivity contribution in [2.75, 3.05) is 13.6 Å². The number of nitrogens with two attached hydrogens (primary N) is 1. The van der Waals surface area contributed by atoms with Crippen LogP contribution in [0.3, 0.4) is 0 Å². The molecule has 1 saturated carbocycles. The fourth-order valence-corrected chi connectivity index (χ4v) is 1.28. The third-order valence-corrected chi connectivity index (χ3v) is 2.26. The van der Waals surface area contributed by atoms with E-state index in [1.54, 1.807) is 11.9 Å². The Morgan fingerprint density at radius 3 is 2.85 bits per heavy atom.